The SMILES string of the molecule is CCCNCc1ccc(Sc2ccc(C)c(C)c2)cc1Cl. The Morgan fingerprint density at radius 2 is 1.71 bits per heavy atom. The van der Waals surface area contributed by atoms with Gasteiger partial charge in [-0.1, -0.05) is 42.4 Å². The van der Waals surface area contributed by atoms with Gasteiger partial charge in [0.25, 0.3) is 0 Å². The number of halogens is 1. The highest BCUT2D eigenvalue weighted by molar-refractivity contribution is 7.99. The zero-order chi connectivity index (χ0) is 15.2. The lowest BCUT2D eigenvalue weighted by molar-refractivity contribution is 0.675. The fourth-order valence-electron chi connectivity index (χ4n) is 2.05. The molecule has 2 aromatic rings. The van der Waals surface area contributed by atoms with Gasteiger partial charge in [-0.05, 0) is 67.8 Å². The lowest BCUT2D eigenvalue weighted by atomic mass is 10.1. The second kappa shape index (κ2) is 7.88. The number of aryl methyl sites for hydroxylation is 2. The van der Waals surface area contributed by atoms with Crippen LogP contribution in [0.1, 0.15) is 30.0 Å². The second-order valence-corrected chi connectivity index (χ2v) is 6.83. The second-order valence-electron chi connectivity index (χ2n) is 5.28. The van der Waals surface area contributed by atoms with Gasteiger partial charge in [0.15, 0.2) is 0 Å². The minimum absolute atomic E-state index is 0.835. The van der Waals surface area contributed by atoms with Gasteiger partial charge in [0.1, 0.15) is 0 Å². The minimum Gasteiger partial charge on any atom is -0.313 e. The third kappa shape index (κ3) is 4.77. The van der Waals surface area contributed by atoms with Gasteiger partial charge in [-0.2, -0.15) is 0 Å². The number of hydrogen-bond acceptors (Lipinski definition) is 2. The predicted molar refractivity (Wildman–Crippen MR) is 93.5 cm³/mol. The van der Waals surface area contributed by atoms with Crippen LogP contribution in [0.25, 0.3) is 0 Å². The average Bonchev–Trinajstić information content (AvgIpc) is 2.45. The van der Waals surface area contributed by atoms with E-state index in [1.165, 1.54) is 20.9 Å². The Morgan fingerprint density at radius 1 is 1.00 bits per heavy atom. The van der Waals surface area contributed by atoms with Crippen LogP contribution in [0.4, 0.5) is 0 Å². The topological polar surface area (TPSA) is 12.0 Å². The van der Waals surface area contributed by atoms with Crippen molar-refractivity contribution in [1.82, 2.24) is 5.32 Å². The summed E-state index contributed by atoms with van der Waals surface area (Å²) in [5.74, 6) is 0. The summed E-state index contributed by atoms with van der Waals surface area (Å²) in [6, 6.07) is 12.9. The average molecular weight is 320 g/mol. The lowest BCUT2D eigenvalue weighted by Crippen LogP contribution is -2.13. The Labute approximate surface area is 137 Å². The van der Waals surface area contributed by atoms with E-state index in [4.69, 9.17) is 11.6 Å². The van der Waals surface area contributed by atoms with E-state index in [9.17, 15) is 0 Å². The highest BCUT2D eigenvalue weighted by atomic mass is 35.5. The molecule has 0 radical (unpaired) electrons. The predicted octanol–water partition coefficient (Wildman–Crippen LogP) is 5.61. The first-order chi connectivity index (χ1) is 10.1. The maximum atomic E-state index is 6.38. The summed E-state index contributed by atoms with van der Waals surface area (Å²) >= 11 is 8.13. The summed E-state index contributed by atoms with van der Waals surface area (Å²) in [5.41, 5.74) is 3.82. The fourth-order valence-corrected chi connectivity index (χ4v) is 3.32. The Morgan fingerprint density at radius 3 is 2.38 bits per heavy atom. The van der Waals surface area contributed by atoms with Crippen molar-refractivity contribution in [1.29, 1.82) is 0 Å². The van der Waals surface area contributed by atoms with Crippen LogP contribution in [0.2, 0.25) is 5.02 Å². The maximum Gasteiger partial charge on any atom is 0.0462 e. The van der Waals surface area contributed by atoms with E-state index in [0.29, 0.717) is 0 Å². The monoisotopic (exact) mass is 319 g/mol. The van der Waals surface area contributed by atoms with Crippen LogP contribution in [0.5, 0.6) is 0 Å². The molecule has 0 bridgehead atoms. The van der Waals surface area contributed by atoms with Crippen molar-refractivity contribution in [2.45, 2.75) is 43.5 Å². The molecule has 0 aliphatic rings. The lowest BCUT2D eigenvalue weighted by Gasteiger charge is -2.09. The van der Waals surface area contributed by atoms with Gasteiger partial charge in [0.2, 0.25) is 0 Å². The number of nitrogens with one attached hydrogen (secondary N) is 1. The van der Waals surface area contributed by atoms with Crippen LogP contribution < -0.4 is 5.32 Å². The molecule has 2 rings (SSSR count). The molecule has 1 nitrogen and oxygen atoms in total. The molecule has 0 heterocycles. The molecule has 0 fully saturated rings. The van der Waals surface area contributed by atoms with Gasteiger partial charge in [-0.25, -0.2) is 0 Å². The van der Waals surface area contributed by atoms with Crippen molar-refractivity contribution in [3.8, 4) is 0 Å². The summed E-state index contributed by atoms with van der Waals surface area (Å²) in [5, 5.41) is 4.22. The molecule has 0 unspecified atom stereocenters. The normalized spacial score (nSPS) is 10.9. The van der Waals surface area contributed by atoms with E-state index in [0.717, 1.165) is 30.1 Å². The van der Waals surface area contributed by atoms with Crippen LogP contribution in [-0.2, 0) is 6.54 Å². The molecule has 3 heteroatoms. The van der Waals surface area contributed by atoms with Crippen molar-refractivity contribution < 1.29 is 0 Å². The fraction of sp³-hybridized carbons (Fsp3) is 0.333. The molecule has 0 atom stereocenters. The molecular weight excluding hydrogens is 298 g/mol. The van der Waals surface area contributed by atoms with Gasteiger partial charge >= 0.3 is 0 Å². The third-order valence-corrected chi connectivity index (χ3v) is 4.81. The molecule has 21 heavy (non-hydrogen) atoms. The van der Waals surface area contributed by atoms with Gasteiger partial charge in [-0.3, -0.25) is 0 Å². The standard InChI is InChI=1S/C18H22ClNS/c1-4-9-20-12-15-6-8-17(11-18(15)19)21-16-7-5-13(2)14(3)10-16/h5-8,10-11,20H,4,9,12H2,1-3H3. The van der Waals surface area contributed by atoms with Crippen molar-refractivity contribution in [2.24, 2.45) is 0 Å². The summed E-state index contributed by atoms with van der Waals surface area (Å²) in [7, 11) is 0. The van der Waals surface area contributed by atoms with Crippen molar-refractivity contribution in [3.63, 3.8) is 0 Å². The Kier molecular flexibility index (Phi) is 6.16. The highest BCUT2D eigenvalue weighted by Gasteiger charge is 2.04. The van der Waals surface area contributed by atoms with Crippen molar-refractivity contribution in [2.75, 3.05) is 6.54 Å². The molecule has 0 saturated heterocycles. The Hall–Kier alpha value is -0.960. The largest absolute Gasteiger partial charge is 0.313 e. The van der Waals surface area contributed by atoms with E-state index in [1.54, 1.807) is 11.8 Å². The first-order valence-corrected chi connectivity index (χ1v) is 8.54. The molecule has 0 saturated carbocycles. The molecule has 0 spiro atoms. The Bertz CT molecular complexity index is 610. The van der Waals surface area contributed by atoms with E-state index in [-0.39, 0.29) is 0 Å². The third-order valence-electron chi connectivity index (χ3n) is 3.48. The van der Waals surface area contributed by atoms with Crippen molar-refractivity contribution >= 4 is 23.4 Å². The molecule has 2 aromatic carbocycles. The molecule has 0 aliphatic carbocycles. The number of hydrogen-bond donors (Lipinski definition) is 1. The molecule has 0 amide bonds. The maximum absolute atomic E-state index is 6.38. The van der Waals surface area contributed by atoms with E-state index in [2.05, 4.69) is 62.5 Å². The van der Waals surface area contributed by atoms with Crippen LogP contribution in [-0.4, -0.2) is 6.54 Å². The summed E-state index contributed by atoms with van der Waals surface area (Å²) in [6.07, 6.45) is 1.14. The van der Waals surface area contributed by atoms with Crippen LogP contribution in [0.15, 0.2) is 46.2 Å². The summed E-state index contributed by atoms with van der Waals surface area (Å²) in [6.45, 7) is 8.31. The first-order valence-electron chi connectivity index (χ1n) is 7.34. The smallest absolute Gasteiger partial charge is 0.0462 e. The zero-order valence-corrected chi connectivity index (χ0v) is 14.4. The molecular formula is C18H22ClNS. The number of rotatable bonds is 6. The van der Waals surface area contributed by atoms with Gasteiger partial charge in [0.05, 0.1) is 0 Å². The minimum atomic E-state index is 0.835. The molecule has 0 aliphatic heterocycles. The zero-order valence-electron chi connectivity index (χ0n) is 12.9. The summed E-state index contributed by atoms with van der Waals surface area (Å²) in [4.78, 5) is 2.44. The highest BCUT2D eigenvalue weighted by Crippen LogP contribution is 2.31. The number of benzene rings is 2. The van der Waals surface area contributed by atoms with Crippen molar-refractivity contribution in [3.05, 3.63) is 58.1 Å². The van der Waals surface area contributed by atoms with Crippen LogP contribution >= 0.6 is 23.4 Å². The molecule has 1 N–H and O–H groups in total. The van der Waals surface area contributed by atoms with Crippen LogP contribution in [0.3, 0.4) is 0 Å². The van der Waals surface area contributed by atoms with Gasteiger partial charge < -0.3 is 5.32 Å². The van der Waals surface area contributed by atoms with Gasteiger partial charge in [0, 0.05) is 21.4 Å². The van der Waals surface area contributed by atoms with E-state index in [1.807, 2.05) is 0 Å². The van der Waals surface area contributed by atoms with Crippen LogP contribution in [0, 0.1) is 13.8 Å². The molecule has 112 valence electrons. The quantitative estimate of drug-likeness (QED) is 0.695. The van der Waals surface area contributed by atoms with E-state index < -0.39 is 0 Å². The summed E-state index contributed by atoms with van der Waals surface area (Å²) < 4.78 is 0. The van der Waals surface area contributed by atoms with Gasteiger partial charge in [-0.15, -0.1) is 0 Å². The van der Waals surface area contributed by atoms with E-state index >= 15 is 0 Å². The molecule has 0 aromatic heterocycles. The Balaban J connectivity index is 2.07. The first kappa shape index (κ1) is 16.4.